The number of amides is 4. The summed E-state index contributed by atoms with van der Waals surface area (Å²) in [6.45, 7) is 0.887. The lowest BCUT2D eigenvalue weighted by atomic mass is 10.0. The molecule has 2 aliphatic heterocycles. The van der Waals surface area contributed by atoms with Crippen molar-refractivity contribution in [2.45, 2.75) is 30.2 Å². The summed E-state index contributed by atoms with van der Waals surface area (Å²) < 4.78 is 24.8. The highest BCUT2D eigenvalue weighted by atomic mass is 32.2. The first-order valence-electron chi connectivity index (χ1n) is 10.6. The maximum atomic E-state index is 12.9. The van der Waals surface area contributed by atoms with Crippen LogP contribution in [-0.4, -0.2) is 67.5 Å². The zero-order valence-corrected chi connectivity index (χ0v) is 18.4. The zero-order valence-electron chi connectivity index (χ0n) is 17.6. The molecule has 2 heterocycles. The predicted octanol–water partition coefficient (Wildman–Crippen LogP) is 2.31. The highest BCUT2D eigenvalue weighted by molar-refractivity contribution is 7.91. The molecule has 2 fully saturated rings. The summed E-state index contributed by atoms with van der Waals surface area (Å²) >= 11 is 0. The summed E-state index contributed by atoms with van der Waals surface area (Å²) in [5.74, 6) is -0.704. The Morgan fingerprint density at radius 2 is 1.50 bits per heavy atom. The Kier molecular flexibility index (Phi) is 6.27. The Balaban J connectivity index is 1.31. The average molecular weight is 456 g/mol. The second kappa shape index (κ2) is 9.12. The van der Waals surface area contributed by atoms with Crippen molar-refractivity contribution in [3.63, 3.8) is 0 Å². The number of benzene rings is 2. The molecule has 2 aliphatic rings. The molecule has 2 aromatic carbocycles. The number of piperidine rings is 1. The van der Waals surface area contributed by atoms with Crippen LogP contribution in [0.25, 0.3) is 0 Å². The minimum absolute atomic E-state index is 0.0294. The Morgan fingerprint density at radius 1 is 0.906 bits per heavy atom. The third kappa shape index (κ3) is 4.52. The van der Waals surface area contributed by atoms with Crippen LogP contribution in [0.4, 0.5) is 10.5 Å². The van der Waals surface area contributed by atoms with Gasteiger partial charge in [-0.2, -0.15) is 0 Å². The second-order valence-electron chi connectivity index (χ2n) is 7.97. The maximum absolute atomic E-state index is 12.9. The van der Waals surface area contributed by atoms with Gasteiger partial charge in [0.15, 0.2) is 9.84 Å². The van der Waals surface area contributed by atoms with Crippen molar-refractivity contribution in [3.8, 4) is 0 Å². The van der Waals surface area contributed by atoms with E-state index >= 15 is 0 Å². The number of urea groups is 1. The van der Waals surface area contributed by atoms with Crippen LogP contribution in [0.15, 0.2) is 65.6 Å². The third-order valence-corrected chi connectivity index (χ3v) is 7.68. The molecule has 2 saturated heterocycles. The van der Waals surface area contributed by atoms with Crippen molar-refractivity contribution in [2.24, 2.45) is 0 Å². The fourth-order valence-electron chi connectivity index (χ4n) is 4.19. The smallest absolute Gasteiger partial charge is 0.332 e. The Hall–Kier alpha value is -3.20. The van der Waals surface area contributed by atoms with Gasteiger partial charge in [-0.05, 0) is 37.1 Å². The molecule has 2 aromatic rings. The van der Waals surface area contributed by atoms with Crippen LogP contribution >= 0.6 is 0 Å². The van der Waals surface area contributed by atoms with E-state index in [1.807, 2.05) is 6.07 Å². The van der Waals surface area contributed by atoms with E-state index in [0.29, 0.717) is 31.6 Å². The molecule has 9 heteroatoms. The van der Waals surface area contributed by atoms with Gasteiger partial charge >= 0.3 is 6.03 Å². The van der Waals surface area contributed by atoms with E-state index in [2.05, 4.69) is 0 Å². The van der Waals surface area contributed by atoms with Gasteiger partial charge in [-0.3, -0.25) is 9.59 Å². The van der Waals surface area contributed by atoms with Crippen LogP contribution in [0.1, 0.15) is 19.3 Å². The van der Waals surface area contributed by atoms with E-state index in [0.717, 1.165) is 0 Å². The lowest BCUT2D eigenvalue weighted by Gasteiger charge is -2.36. The van der Waals surface area contributed by atoms with E-state index in [9.17, 15) is 22.8 Å². The number of anilines is 1. The molecule has 0 spiro atoms. The highest BCUT2D eigenvalue weighted by Crippen LogP contribution is 2.26. The lowest BCUT2D eigenvalue weighted by Crippen LogP contribution is -2.48. The van der Waals surface area contributed by atoms with Crippen LogP contribution in [0.3, 0.4) is 0 Å². The normalized spacial score (nSPS) is 17.8. The van der Waals surface area contributed by atoms with Crippen LogP contribution in [0, 0.1) is 0 Å². The summed E-state index contributed by atoms with van der Waals surface area (Å²) in [7, 11) is -3.51. The molecule has 4 rings (SSSR count). The van der Waals surface area contributed by atoms with Crippen LogP contribution in [0.5, 0.6) is 0 Å². The molecule has 32 heavy (non-hydrogen) atoms. The molecule has 0 aromatic heterocycles. The van der Waals surface area contributed by atoms with Crippen LogP contribution in [-0.2, 0) is 19.4 Å². The van der Waals surface area contributed by atoms with E-state index in [1.54, 1.807) is 52.3 Å². The van der Waals surface area contributed by atoms with Crippen molar-refractivity contribution in [1.29, 1.82) is 0 Å². The van der Waals surface area contributed by atoms with Crippen molar-refractivity contribution in [1.82, 2.24) is 9.80 Å². The molecule has 0 atom stereocenters. The maximum Gasteiger partial charge on any atom is 0.332 e. The molecule has 0 N–H and O–H groups in total. The van der Waals surface area contributed by atoms with Gasteiger partial charge in [0.25, 0.3) is 5.91 Å². The SMILES string of the molecule is O=C(CCS(=O)(=O)c1ccccc1)N1CCC(N2CC(=O)N(c3ccccc3)C2=O)CC1. The van der Waals surface area contributed by atoms with Gasteiger partial charge in [-0.15, -0.1) is 0 Å². The van der Waals surface area contributed by atoms with Gasteiger partial charge in [-0.25, -0.2) is 18.1 Å². The van der Waals surface area contributed by atoms with Crippen molar-refractivity contribution in [2.75, 3.05) is 30.3 Å². The fraction of sp³-hybridized carbons (Fsp3) is 0.348. The highest BCUT2D eigenvalue weighted by Gasteiger charge is 2.41. The number of likely N-dealkylation sites (tertiary alicyclic amines) is 1. The largest absolute Gasteiger partial charge is 0.343 e. The Bertz CT molecular complexity index is 1100. The van der Waals surface area contributed by atoms with Gasteiger partial charge in [0.05, 0.1) is 16.3 Å². The average Bonchev–Trinajstić information content (AvgIpc) is 3.12. The van der Waals surface area contributed by atoms with Crippen molar-refractivity contribution >= 4 is 33.4 Å². The topological polar surface area (TPSA) is 95.1 Å². The van der Waals surface area contributed by atoms with E-state index in [4.69, 9.17) is 0 Å². The molecule has 0 aliphatic carbocycles. The molecule has 0 bridgehead atoms. The number of hydrogen-bond donors (Lipinski definition) is 0. The first-order valence-corrected chi connectivity index (χ1v) is 12.3. The number of nitrogens with zero attached hydrogens (tertiary/aromatic N) is 3. The van der Waals surface area contributed by atoms with E-state index in [1.165, 1.54) is 17.0 Å². The third-order valence-electron chi connectivity index (χ3n) is 5.95. The van der Waals surface area contributed by atoms with Gasteiger partial charge in [0.1, 0.15) is 6.54 Å². The van der Waals surface area contributed by atoms with Crippen LogP contribution < -0.4 is 4.90 Å². The van der Waals surface area contributed by atoms with Gasteiger partial charge < -0.3 is 9.80 Å². The molecule has 4 amide bonds. The van der Waals surface area contributed by atoms with Crippen molar-refractivity contribution < 1.29 is 22.8 Å². The molecular weight excluding hydrogens is 430 g/mol. The number of rotatable bonds is 6. The number of hydrogen-bond acceptors (Lipinski definition) is 5. The quantitative estimate of drug-likeness (QED) is 0.623. The monoisotopic (exact) mass is 455 g/mol. The summed E-state index contributed by atoms with van der Waals surface area (Å²) in [6.07, 6.45) is 1.03. The predicted molar refractivity (Wildman–Crippen MR) is 119 cm³/mol. The molecular formula is C23H25N3O5S. The minimum Gasteiger partial charge on any atom is -0.343 e. The zero-order chi connectivity index (χ0) is 22.7. The number of carbonyl (C=O) groups is 3. The molecule has 0 radical (unpaired) electrons. The number of sulfone groups is 1. The van der Waals surface area contributed by atoms with E-state index < -0.39 is 9.84 Å². The van der Waals surface area contributed by atoms with Gasteiger partial charge in [0.2, 0.25) is 5.91 Å². The van der Waals surface area contributed by atoms with E-state index in [-0.39, 0.29) is 47.5 Å². The summed E-state index contributed by atoms with van der Waals surface area (Å²) in [5, 5.41) is 0. The minimum atomic E-state index is -3.51. The molecule has 0 unspecified atom stereocenters. The Labute approximate surface area is 187 Å². The number of carbonyl (C=O) groups excluding carboxylic acids is 3. The van der Waals surface area contributed by atoms with Crippen LogP contribution in [0.2, 0.25) is 0 Å². The first kappa shape index (κ1) is 22.0. The first-order chi connectivity index (χ1) is 15.4. The standard InChI is InChI=1S/C23H25N3O5S/c27-21(13-16-32(30,31)20-9-5-2-6-10-20)24-14-11-18(12-15-24)25-17-22(28)26(23(25)29)19-7-3-1-4-8-19/h1-10,18H,11-17H2. The van der Waals surface area contributed by atoms with Gasteiger partial charge in [0, 0.05) is 25.6 Å². The molecule has 168 valence electrons. The number of para-hydroxylation sites is 1. The Morgan fingerprint density at radius 3 is 2.12 bits per heavy atom. The van der Waals surface area contributed by atoms with Crippen molar-refractivity contribution in [3.05, 3.63) is 60.7 Å². The number of imide groups is 1. The molecule has 8 nitrogen and oxygen atoms in total. The summed E-state index contributed by atoms with van der Waals surface area (Å²) in [5.41, 5.74) is 0.553. The van der Waals surface area contributed by atoms with Gasteiger partial charge in [-0.1, -0.05) is 36.4 Å². The summed E-state index contributed by atoms with van der Waals surface area (Å²) in [6, 6.07) is 16.5. The molecule has 0 saturated carbocycles. The fourth-order valence-corrected chi connectivity index (χ4v) is 5.44. The summed E-state index contributed by atoms with van der Waals surface area (Å²) in [4.78, 5) is 42.5. The second-order valence-corrected chi connectivity index (χ2v) is 10.1. The lowest BCUT2D eigenvalue weighted by molar-refractivity contribution is -0.132.